The first kappa shape index (κ1) is 19.9. The molecule has 8 nitrogen and oxygen atoms in total. The van der Waals surface area contributed by atoms with Crippen LogP contribution < -0.4 is 5.32 Å². The fraction of sp³-hybridized carbons (Fsp3) is 0.263. The lowest BCUT2D eigenvalue weighted by Gasteiger charge is -2.31. The van der Waals surface area contributed by atoms with E-state index in [0.717, 1.165) is 5.56 Å². The second kappa shape index (κ2) is 8.31. The molecule has 1 atom stereocenters. The number of carbonyl (C=O) groups excluding carboxylic acids is 1. The number of carboxylic acids is 1. The highest BCUT2D eigenvalue weighted by Gasteiger charge is 2.39. The summed E-state index contributed by atoms with van der Waals surface area (Å²) in [5.74, 6) is -1.16. The van der Waals surface area contributed by atoms with Crippen LogP contribution in [0.2, 0.25) is 0 Å². The zero-order valence-corrected chi connectivity index (χ0v) is 14.9. The van der Waals surface area contributed by atoms with Crippen molar-refractivity contribution in [3.05, 3.63) is 75.8 Å². The van der Waals surface area contributed by atoms with Crippen molar-refractivity contribution in [1.29, 1.82) is 0 Å². The number of hydrogen-bond acceptors (Lipinski definition) is 5. The van der Waals surface area contributed by atoms with Gasteiger partial charge >= 0.3 is 12.1 Å². The van der Waals surface area contributed by atoms with Gasteiger partial charge in [-0.25, -0.2) is 4.79 Å². The number of carbonyl (C=O) groups is 2. The molecule has 27 heavy (non-hydrogen) atoms. The molecule has 2 aromatic carbocycles. The molecule has 0 aliphatic heterocycles. The van der Waals surface area contributed by atoms with Crippen LogP contribution in [0.1, 0.15) is 31.0 Å². The van der Waals surface area contributed by atoms with E-state index in [1.165, 1.54) is 38.1 Å². The first-order valence-electron chi connectivity index (χ1n) is 8.17. The molecular formula is C19H20N2O6. The zero-order chi connectivity index (χ0) is 20.0. The number of aliphatic carboxylic acids is 1. The standard InChI is InChI=1S/C19H20N2O6/c1-19(2,17(22)23)16(14-9-6-10-15(11-14)21(25)26)20-18(24)27-12-13-7-4-3-5-8-13/h3-11,16H,12H2,1-2H3,(H,20,24)(H,22,23). The molecule has 0 radical (unpaired) electrons. The number of rotatable bonds is 7. The fourth-order valence-electron chi connectivity index (χ4n) is 2.50. The fourth-order valence-corrected chi connectivity index (χ4v) is 2.50. The molecule has 0 heterocycles. The van der Waals surface area contributed by atoms with E-state index >= 15 is 0 Å². The van der Waals surface area contributed by atoms with Crippen LogP contribution in [0.5, 0.6) is 0 Å². The minimum Gasteiger partial charge on any atom is -0.481 e. The largest absolute Gasteiger partial charge is 0.481 e. The monoisotopic (exact) mass is 372 g/mol. The maximum atomic E-state index is 12.2. The Morgan fingerprint density at radius 2 is 1.85 bits per heavy atom. The highest BCUT2D eigenvalue weighted by Crippen LogP contribution is 2.35. The molecule has 2 N–H and O–H groups in total. The topological polar surface area (TPSA) is 119 Å². The van der Waals surface area contributed by atoms with Crippen LogP contribution in [0.4, 0.5) is 10.5 Å². The molecule has 1 amide bonds. The number of nitro groups is 1. The molecule has 2 rings (SSSR count). The number of benzene rings is 2. The van der Waals surface area contributed by atoms with E-state index in [4.69, 9.17) is 4.74 Å². The molecule has 8 heteroatoms. The van der Waals surface area contributed by atoms with Crippen molar-refractivity contribution in [1.82, 2.24) is 5.32 Å². The van der Waals surface area contributed by atoms with Crippen molar-refractivity contribution in [2.75, 3.05) is 0 Å². The molecule has 0 aliphatic rings. The molecule has 0 saturated heterocycles. The molecular weight excluding hydrogens is 352 g/mol. The number of alkyl carbamates (subject to hydrolysis) is 1. The summed E-state index contributed by atoms with van der Waals surface area (Å²) >= 11 is 0. The molecule has 142 valence electrons. The predicted molar refractivity (Wildman–Crippen MR) is 97.0 cm³/mol. The van der Waals surface area contributed by atoms with E-state index in [1.807, 2.05) is 6.07 Å². The Morgan fingerprint density at radius 3 is 2.44 bits per heavy atom. The maximum absolute atomic E-state index is 12.2. The van der Waals surface area contributed by atoms with Gasteiger partial charge in [-0.15, -0.1) is 0 Å². The molecule has 0 bridgehead atoms. The van der Waals surface area contributed by atoms with Gasteiger partial charge in [-0.3, -0.25) is 14.9 Å². The van der Waals surface area contributed by atoms with E-state index < -0.39 is 28.4 Å². The normalized spacial score (nSPS) is 12.1. The van der Waals surface area contributed by atoms with Crippen LogP contribution in [0.3, 0.4) is 0 Å². The third kappa shape index (κ3) is 5.04. The highest BCUT2D eigenvalue weighted by atomic mass is 16.6. The summed E-state index contributed by atoms with van der Waals surface area (Å²) in [5, 5.41) is 23.1. The van der Waals surface area contributed by atoms with Crippen molar-refractivity contribution in [3.8, 4) is 0 Å². The molecule has 0 fully saturated rings. The van der Waals surface area contributed by atoms with Crippen LogP contribution in [0.15, 0.2) is 54.6 Å². The smallest absolute Gasteiger partial charge is 0.407 e. The predicted octanol–water partition coefficient (Wildman–Crippen LogP) is 3.67. The summed E-state index contributed by atoms with van der Waals surface area (Å²) in [4.78, 5) is 34.4. The number of nitrogens with one attached hydrogen (secondary N) is 1. The highest BCUT2D eigenvalue weighted by molar-refractivity contribution is 5.77. The number of nitrogens with zero attached hydrogens (tertiary/aromatic N) is 1. The Hall–Kier alpha value is -3.42. The first-order chi connectivity index (χ1) is 12.7. The number of carboxylic acid groups (broad SMARTS) is 1. The van der Waals surface area contributed by atoms with E-state index in [-0.39, 0.29) is 12.3 Å². The van der Waals surface area contributed by atoms with Crippen molar-refractivity contribution >= 4 is 17.7 Å². The van der Waals surface area contributed by atoms with Crippen LogP contribution >= 0.6 is 0 Å². The van der Waals surface area contributed by atoms with Crippen LogP contribution in [-0.2, 0) is 16.1 Å². The molecule has 0 spiro atoms. The quantitative estimate of drug-likeness (QED) is 0.565. The van der Waals surface area contributed by atoms with Crippen molar-refractivity contribution in [3.63, 3.8) is 0 Å². The van der Waals surface area contributed by atoms with Crippen molar-refractivity contribution in [2.24, 2.45) is 5.41 Å². The average molecular weight is 372 g/mol. The Balaban J connectivity index is 2.23. The molecule has 2 aromatic rings. The third-order valence-corrected chi connectivity index (χ3v) is 4.16. The van der Waals surface area contributed by atoms with Gasteiger partial charge in [0.25, 0.3) is 5.69 Å². The van der Waals surface area contributed by atoms with Gasteiger partial charge < -0.3 is 15.2 Å². The number of hydrogen-bond donors (Lipinski definition) is 2. The van der Waals surface area contributed by atoms with Gasteiger partial charge in [-0.1, -0.05) is 42.5 Å². The molecule has 0 aromatic heterocycles. The third-order valence-electron chi connectivity index (χ3n) is 4.16. The van der Waals surface area contributed by atoms with E-state index in [9.17, 15) is 24.8 Å². The summed E-state index contributed by atoms with van der Waals surface area (Å²) in [6.45, 7) is 2.87. The number of nitro benzene ring substituents is 1. The van der Waals surface area contributed by atoms with Crippen molar-refractivity contribution in [2.45, 2.75) is 26.5 Å². The second-order valence-electron chi connectivity index (χ2n) is 6.52. The number of non-ortho nitro benzene ring substituents is 1. The average Bonchev–Trinajstić information content (AvgIpc) is 2.65. The summed E-state index contributed by atoms with van der Waals surface area (Å²) in [6, 6.07) is 13.5. The number of amides is 1. The van der Waals surface area contributed by atoms with Gasteiger partial charge in [-0.2, -0.15) is 0 Å². The van der Waals surface area contributed by atoms with Crippen LogP contribution in [-0.4, -0.2) is 22.1 Å². The first-order valence-corrected chi connectivity index (χ1v) is 8.17. The van der Waals surface area contributed by atoms with Crippen LogP contribution in [0, 0.1) is 15.5 Å². The van der Waals surface area contributed by atoms with Gasteiger partial charge in [0, 0.05) is 12.1 Å². The minimum atomic E-state index is -1.43. The molecule has 0 aliphatic carbocycles. The molecule has 1 unspecified atom stereocenters. The van der Waals surface area contributed by atoms with Gasteiger partial charge in [-0.05, 0) is 25.0 Å². The Bertz CT molecular complexity index is 835. The lowest BCUT2D eigenvalue weighted by molar-refractivity contribution is -0.385. The van der Waals surface area contributed by atoms with Gasteiger partial charge in [0.2, 0.25) is 0 Å². The zero-order valence-electron chi connectivity index (χ0n) is 14.9. The van der Waals surface area contributed by atoms with Crippen molar-refractivity contribution < 1.29 is 24.4 Å². The van der Waals surface area contributed by atoms with E-state index in [1.54, 1.807) is 24.3 Å². The second-order valence-corrected chi connectivity index (χ2v) is 6.52. The van der Waals surface area contributed by atoms with Gasteiger partial charge in [0.15, 0.2) is 0 Å². The van der Waals surface area contributed by atoms with Gasteiger partial charge in [0.05, 0.1) is 16.4 Å². The van der Waals surface area contributed by atoms with E-state index in [2.05, 4.69) is 5.32 Å². The Kier molecular flexibility index (Phi) is 6.12. The summed E-state index contributed by atoms with van der Waals surface area (Å²) in [5.41, 5.74) is -0.551. The lowest BCUT2D eigenvalue weighted by atomic mass is 9.80. The molecule has 0 saturated carbocycles. The minimum absolute atomic E-state index is 0.0157. The van der Waals surface area contributed by atoms with Crippen LogP contribution in [0.25, 0.3) is 0 Å². The summed E-state index contributed by atoms with van der Waals surface area (Å²) < 4.78 is 5.16. The summed E-state index contributed by atoms with van der Waals surface area (Å²) in [7, 11) is 0. The van der Waals surface area contributed by atoms with E-state index in [0.29, 0.717) is 5.56 Å². The van der Waals surface area contributed by atoms with Gasteiger partial charge in [0.1, 0.15) is 6.61 Å². The Labute approximate surface area is 155 Å². The number of ether oxygens (including phenoxy) is 1. The SMILES string of the molecule is CC(C)(C(=O)O)C(NC(=O)OCc1ccccc1)c1cccc([N+](=O)[O-])c1. The maximum Gasteiger partial charge on any atom is 0.407 e. The Morgan fingerprint density at radius 1 is 1.19 bits per heavy atom. The summed E-state index contributed by atoms with van der Waals surface area (Å²) in [6.07, 6.45) is -0.815. The lowest BCUT2D eigenvalue weighted by Crippen LogP contribution is -2.42.